The van der Waals surface area contributed by atoms with E-state index in [0.717, 1.165) is 0 Å². The molecule has 0 atom stereocenters. The van der Waals surface area contributed by atoms with E-state index in [4.69, 9.17) is 16.5 Å². The zero-order valence-corrected chi connectivity index (χ0v) is 7.06. The maximum atomic E-state index is 4.73. The Morgan fingerprint density at radius 1 is 1.00 bits per heavy atom. The molecule has 0 bridgehead atoms. The number of hydrogen-bond acceptors (Lipinski definition) is 3. The normalized spacial score (nSPS) is 6.00. The molecule has 0 heterocycles. The Bertz CT molecular complexity index is 15.5. The molecule has 0 saturated carbocycles. The van der Waals surface area contributed by atoms with Crippen LogP contribution in [-0.2, 0) is 17.1 Å². The van der Waals surface area contributed by atoms with Gasteiger partial charge in [0.05, 0.1) is 0 Å². The fourth-order valence-electron chi connectivity index (χ4n) is 0. The van der Waals surface area contributed by atoms with Crippen molar-refractivity contribution in [3.05, 3.63) is 0 Å². The van der Waals surface area contributed by atoms with Gasteiger partial charge < -0.3 is 0 Å². The van der Waals surface area contributed by atoms with E-state index >= 15 is 0 Å². The molecule has 0 saturated heterocycles. The van der Waals surface area contributed by atoms with Gasteiger partial charge in [-0.15, -0.1) is 24.0 Å². The fourth-order valence-corrected chi connectivity index (χ4v) is 0. The standard InChI is InChI=1S/Cu.HI.H6N3P/c;;1-4(2)3/h;1H;1-3H2. The Hall–Kier alpha value is 1.56. The minimum atomic E-state index is -1.12. The zero-order chi connectivity index (χ0) is 3.58. The summed E-state index contributed by atoms with van der Waals surface area (Å²) in [7, 11) is -1.12. The molecule has 6 heteroatoms. The Morgan fingerprint density at radius 2 is 1.00 bits per heavy atom. The van der Waals surface area contributed by atoms with Crippen molar-refractivity contribution in [3.63, 3.8) is 0 Å². The molecule has 6 N–H and O–H groups in total. The predicted molar refractivity (Wildman–Crippen MR) is 34.9 cm³/mol. The third-order valence-corrected chi connectivity index (χ3v) is 0. The monoisotopic (exact) mass is 270 g/mol. The summed E-state index contributed by atoms with van der Waals surface area (Å²) in [6.45, 7) is 0. The van der Waals surface area contributed by atoms with Crippen molar-refractivity contribution in [1.29, 1.82) is 0 Å². The van der Waals surface area contributed by atoms with Crippen LogP contribution < -0.4 is 16.5 Å². The number of rotatable bonds is 0. The Labute approximate surface area is 65.8 Å². The number of nitrogens with two attached hydrogens (primary N) is 3. The minimum absolute atomic E-state index is 0. The van der Waals surface area contributed by atoms with Crippen LogP contribution in [0.3, 0.4) is 0 Å². The fraction of sp³-hybridized carbons (Fsp3) is 0. The summed E-state index contributed by atoms with van der Waals surface area (Å²) >= 11 is 0. The first-order valence-electron chi connectivity index (χ1n) is 0.775. The first-order chi connectivity index (χ1) is 1.73. The van der Waals surface area contributed by atoms with E-state index < -0.39 is 8.37 Å². The van der Waals surface area contributed by atoms with Gasteiger partial charge in [0.25, 0.3) is 0 Å². The second kappa shape index (κ2) is 9.75. The van der Waals surface area contributed by atoms with Crippen LogP contribution in [-0.4, -0.2) is 0 Å². The van der Waals surface area contributed by atoms with Gasteiger partial charge in [-0.25, -0.2) is 0 Å². The van der Waals surface area contributed by atoms with Crippen molar-refractivity contribution in [2.24, 2.45) is 16.5 Å². The average molecular weight is 271 g/mol. The van der Waals surface area contributed by atoms with E-state index in [9.17, 15) is 0 Å². The molecule has 0 fully saturated rings. The molecule has 0 aliphatic heterocycles. The second-order valence-corrected chi connectivity index (χ2v) is 1.34. The van der Waals surface area contributed by atoms with Crippen molar-refractivity contribution >= 4 is 32.4 Å². The minimum Gasteiger partial charge on any atom is -0.285 e. The van der Waals surface area contributed by atoms with Crippen LogP contribution >= 0.6 is 32.4 Å². The van der Waals surface area contributed by atoms with Crippen molar-refractivity contribution in [1.82, 2.24) is 0 Å². The molecule has 0 aromatic carbocycles. The second-order valence-electron chi connectivity index (χ2n) is 0.447. The van der Waals surface area contributed by atoms with Crippen molar-refractivity contribution in [2.45, 2.75) is 0 Å². The van der Waals surface area contributed by atoms with Gasteiger partial charge in [0.15, 0.2) is 0 Å². The van der Waals surface area contributed by atoms with Gasteiger partial charge in [0.1, 0.15) is 8.37 Å². The maximum Gasteiger partial charge on any atom is 0.103 e. The molecule has 0 aromatic rings. The van der Waals surface area contributed by atoms with Gasteiger partial charge in [-0.05, 0) is 0 Å². The molecule has 0 rings (SSSR count). The summed E-state index contributed by atoms with van der Waals surface area (Å²) in [5.74, 6) is 0. The van der Waals surface area contributed by atoms with E-state index in [-0.39, 0.29) is 41.0 Å². The van der Waals surface area contributed by atoms with E-state index in [1.807, 2.05) is 0 Å². The van der Waals surface area contributed by atoms with Crippen molar-refractivity contribution in [2.75, 3.05) is 0 Å². The smallest absolute Gasteiger partial charge is 0.103 e. The Kier molecular flexibility index (Phi) is 25.4. The van der Waals surface area contributed by atoms with Crippen LogP contribution in [0.15, 0.2) is 0 Å². The van der Waals surface area contributed by atoms with E-state index in [2.05, 4.69) is 0 Å². The van der Waals surface area contributed by atoms with E-state index in [0.29, 0.717) is 0 Å². The SMILES string of the molecule is I.NP(N)N.[Cu]. The van der Waals surface area contributed by atoms with Crippen molar-refractivity contribution < 1.29 is 17.1 Å². The maximum absolute atomic E-state index is 4.73. The summed E-state index contributed by atoms with van der Waals surface area (Å²) < 4.78 is 0. The zero-order valence-electron chi connectivity index (χ0n) is 2.89. The predicted octanol–water partition coefficient (Wildman–Crippen LogP) is -0.295. The van der Waals surface area contributed by atoms with Gasteiger partial charge in [-0.1, -0.05) is 0 Å². The van der Waals surface area contributed by atoms with Gasteiger partial charge >= 0.3 is 0 Å². The summed E-state index contributed by atoms with van der Waals surface area (Å²) in [6, 6.07) is 0. The van der Waals surface area contributed by atoms with Crippen LogP contribution in [0, 0.1) is 0 Å². The third kappa shape index (κ3) is 47.5. The number of halogens is 1. The summed E-state index contributed by atoms with van der Waals surface area (Å²) in [5.41, 5.74) is 14.2. The first-order valence-corrected chi connectivity index (χ1v) is 2.32. The van der Waals surface area contributed by atoms with E-state index in [1.54, 1.807) is 0 Å². The van der Waals surface area contributed by atoms with Gasteiger partial charge in [-0.2, -0.15) is 0 Å². The summed E-state index contributed by atoms with van der Waals surface area (Å²) in [6.07, 6.45) is 0. The molecule has 1 radical (unpaired) electrons. The molecular formula is H7CuIN3P. The summed E-state index contributed by atoms with van der Waals surface area (Å²) in [4.78, 5) is 0. The molecule has 3 nitrogen and oxygen atoms in total. The molecule has 0 amide bonds. The molecule has 6 heavy (non-hydrogen) atoms. The van der Waals surface area contributed by atoms with Crippen LogP contribution in [0.1, 0.15) is 0 Å². The molecule has 45 valence electrons. The quantitative estimate of drug-likeness (QED) is 0.321. The molecule has 0 aliphatic carbocycles. The Balaban J connectivity index is -0.0000000450. The first kappa shape index (κ1) is 15.6. The Morgan fingerprint density at radius 3 is 1.00 bits per heavy atom. The molecule has 0 spiro atoms. The van der Waals surface area contributed by atoms with Crippen molar-refractivity contribution in [3.8, 4) is 0 Å². The number of hydrogen-bond donors (Lipinski definition) is 3. The largest absolute Gasteiger partial charge is 0.285 e. The van der Waals surface area contributed by atoms with Gasteiger partial charge in [0.2, 0.25) is 0 Å². The summed E-state index contributed by atoms with van der Waals surface area (Å²) in [5, 5.41) is 0. The van der Waals surface area contributed by atoms with Gasteiger partial charge in [-0.3, -0.25) is 16.5 Å². The molecule has 0 unspecified atom stereocenters. The third-order valence-electron chi connectivity index (χ3n) is 0. The van der Waals surface area contributed by atoms with Crippen LogP contribution in [0.25, 0.3) is 0 Å². The van der Waals surface area contributed by atoms with Crippen LogP contribution in [0.4, 0.5) is 0 Å². The van der Waals surface area contributed by atoms with Crippen LogP contribution in [0.5, 0.6) is 0 Å². The molecular weight excluding hydrogens is 263 g/mol. The topological polar surface area (TPSA) is 78.1 Å². The van der Waals surface area contributed by atoms with Crippen LogP contribution in [0.2, 0.25) is 0 Å². The average Bonchev–Trinajstić information content (AvgIpc) is 0.811. The molecule has 0 aromatic heterocycles. The molecule has 0 aliphatic rings. The van der Waals surface area contributed by atoms with Gasteiger partial charge in [0, 0.05) is 17.1 Å². The van der Waals surface area contributed by atoms with E-state index in [1.165, 1.54) is 0 Å².